The van der Waals surface area contributed by atoms with Crippen molar-refractivity contribution in [3.8, 4) is 5.75 Å². The van der Waals surface area contributed by atoms with Gasteiger partial charge in [-0.25, -0.2) is 0 Å². The van der Waals surface area contributed by atoms with Gasteiger partial charge in [0, 0.05) is 45.8 Å². The van der Waals surface area contributed by atoms with Crippen molar-refractivity contribution in [3.05, 3.63) is 29.8 Å². The third-order valence-corrected chi connectivity index (χ3v) is 5.68. The quantitative estimate of drug-likeness (QED) is 0.835. The summed E-state index contributed by atoms with van der Waals surface area (Å²) in [6.45, 7) is 6.13. The molecule has 0 radical (unpaired) electrons. The Morgan fingerprint density at radius 3 is 2.42 bits per heavy atom. The van der Waals surface area contributed by atoms with E-state index in [9.17, 15) is 15.0 Å². The summed E-state index contributed by atoms with van der Waals surface area (Å²) in [5.41, 5.74) is 0.216. The third kappa shape index (κ3) is 5.19. The van der Waals surface area contributed by atoms with Gasteiger partial charge in [-0.15, -0.1) is 0 Å². The minimum absolute atomic E-state index is 0.0968. The molecule has 6 heteroatoms. The van der Waals surface area contributed by atoms with Crippen molar-refractivity contribution in [2.45, 2.75) is 31.3 Å². The summed E-state index contributed by atoms with van der Waals surface area (Å²) in [5, 5.41) is 20.4. The van der Waals surface area contributed by atoms with E-state index in [0.29, 0.717) is 32.5 Å². The summed E-state index contributed by atoms with van der Waals surface area (Å²) in [4.78, 5) is 19.2. The predicted molar refractivity (Wildman–Crippen MR) is 101 cm³/mol. The largest absolute Gasteiger partial charge is 0.508 e. The molecule has 26 heavy (non-hydrogen) atoms. The number of β-amino-alcohol motifs (C(OH)–C–C–N with tert-alkyl or cyclic N) is 1. The number of benzene rings is 1. The van der Waals surface area contributed by atoms with Crippen LogP contribution in [0.3, 0.4) is 0 Å². The van der Waals surface area contributed by atoms with E-state index in [1.165, 1.54) is 0 Å². The van der Waals surface area contributed by atoms with Gasteiger partial charge in [-0.2, -0.15) is 0 Å². The number of phenolic OH excluding ortho intramolecular Hbond substituents is 1. The number of nitrogens with zero attached hydrogens (tertiary/aromatic N) is 3. The van der Waals surface area contributed by atoms with Crippen molar-refractivity contribution in [1.82, 2.24) is 14.7 Å². The first kappa shape index (κ1) is 19.1. The first-order valence-corrected chi connectivity index (χ1v) is 9.62. The molecule has 0 aliphatic carbocycles. The van der Waals surface area contributed by atoms with Crippen molar-refractivity contribution in [1.29, 1.82) is 0 Å². The number of carbonyl (C=O) groups excluding carboxylic acids is 1. The number of likely N-dealkylation sites (tertiary alicyclic amines) is 1. The number of likely N-dealkylation sites (N-methyl/N-ethyl adjacent to an activating group) is 1. The maximum absolute atomic E-state index is 12.6. The van der Waals surface area contributed by atoms with Gasteiger partial charge in [0.25, 0.3) is 0 Å². The molecular weight excluding hydrogens is 330 g/mol. The Morgan fingerprint density at radius 1 is 1.04 bits per heavy atom. The van der Waals surface area contributed by atoms with E-state index in [4.69, 9.17) is 0 Å². The van der Waals surface area contributed by atoms with Gasteiger partial charge in [0.15, 0.2) is 0 Å². The molecule has 2 N–H and O–H groups in total. The van der Waals surface area contributed by atoms with Gasteiger partial charge in [0.05, 0.1) is 12.0 Å². The standard InChI is InChI=1S/C20H31N3O3/c1-21-11-13-22(14-12-21)16-20(26)7-2-9-23(10-8-20)19(25)15-17-3-5-18(24)6-4-17/h3-6,24,26H,2,7-16H2,1H3/t20-/m1/s1. The number of aromatic hydroxyl groups is 1. The lowest BCUT2D eigenvalue weighted by atomic mass is 9.94. The Balaban J connectivity index is 1.52. The fourth-order valence-corrected chi connectivity index (χ4v) is 3.91. The first-order chi connectivity index (χ1) is 12.4. The Bertz CT molecular complexity index is 599. The highest BCUT2D eigenvalue weighted by Gasteiger charge is 2.33. The zero-order chi connectivity index (χ0) is 18.6. The average Bonchev–Trinajstić information content (AvgIpc) is 2.81. The summed E-state index contributed by atoms with van der Waals surface area (Å²) in [7, 11) is 2.13. The summed E-state index contributed by atoms with van der Waals surface area (Å²) < 4.78 is 0. The second-order valence-corrected chi connectivity index (χ2v) is 7.88. The molecule has 3 rings (SSSR count). The van der Waals surface area contributed by atoms with Gasteiger partial charge < -0.3 is 20.0 Å². The van der Waals surface area contributed by atoms with E-state index >= 15 is 0 Å². The number of phenols is 1. The smallest absolute Gasteiger partial charge is 0.226 e. The van der Waals surface area contributed by atoms with Gasteiger partial charge in [0.2, 0.25) is 5.91 Å². The highest BCUT2D eigenvalue weighted by atomic mass is 16.3. The highest BCUT2D eigenvalue weighted by Crippen LogP contribution is 2.24. The summed E-state index contributed by atoms with van der Waals surface area (Å²) in [6.07, 6.45) is 2.58. The van der Waals surface area contributed by atoms with E-state index in [2.05, 4.69) is 16.8 Å². The van der Waals surface area contributed by atoms with Gasteiger partial charge in [-0.3, -0.25) is 9.69 Å². The SMILES string of the molecule is CN1CCN(C[C@@]2(O)CCCN(C(=O)Cc3ccc(O)cc3)CC2)CC1. The zero-order valence-corrected chi connectivity index (χ0v) is 15.7. The van der Waals surface area contributed by atoms with E-state index < -0.39 is 5.60 Å². The lowest BCUT2D eigenvalue weighted by Gasteiger charge is -2.38. The average molecular weight is 361 g/mol. The van der Waals surface area contributed by atoms with Gasteiger partial charge in [-0.05, 0) is 44.0 Å². The maximum Gasteiger partial charge on any atom is 0.226 e. The highest BCUT2D eigenvalue weighted by molar-refractivity contribution is 5.78. The van der Waals surface area contributed by atoms with Crippen LogP contribution in [0.25, 0.3) is 0 Å². The molecule has 2 aliphatic heterocycles. The molecular formula is C20H31N3O3. The molecule has 0 unspecified atom stereocenters. The van der Waals surface area contributed by atoms with E-state index in [-0.39, 0.29) is 11.7 Å². The summed E-state index contributed by atoms with van der Waals surface area (Å²) >= 11 is 0. The third-order valence-electron chi connectivity index (χ3n) is 5.68. The monoisotopic (exact) mass is 361 g/mol. The number of carbonyl (C=O) groups is 1. The second kappa shape index (κ2) is 8.37. The van der Waals surface area contributed by atoms with Crippen molar-refractivity contribution in [2.24, 2.45) is 0 Å². The van der Waals surface area contributed by atoms with Crippen LogP contribution in [0.5, 0.6) is 5.75 Å². The Hall–Kier alpha value is -1.63. The van der Waals surface area contributed by atoms with Crippen LogP contribution in [-0.4, -0.2) is 89.3 Å². The number of hydrogen-bond donors (Lipinski definition) is 2. The number of hydrogen-bond acceptors (Lipinski definition) is 5. The van der Waals surface area contributed by atoms with E-state index in [0.717, 1.165) is 44.6 Å². The van der Waals surface area contributed by atoms with Crippen LogP contribution >= 0.6 is 0 Å². The Kier molecular flexibility index (Phi) is 6.16. The molecule has 0 saturated carbocycles. The van der Waals surface area contributed by atoms with Gasteiger partial charge in [-0.1, -0.05) is 12.1 Å². The van der Waals surface area contributed by atoms with Crippen LogP contribution in [-0.2, 0) is 11.2 Å². The van der Waals surface area contributed by atoms with E-state index in [1.54, 1.807) is 24.3 Å². The van der Waals surface area contributed by atoms with Gasteiger partial charge in [0.1, 0.15) is 5.75 Å². The molecule has 1 aromatic rings. The summed E-state index contributed by atoms with van der Waals surface area (Å²) in [5.74, 6) is 0.310. The molecule has 144 valence electrons. The molecule has 1 amide bonds. The van der Waals surface area contributed by atoms with Crippen LogP contribution in [0.15, 0.2) is 24.3 Å². The lowest BCUT2D eigenvalue weighted by molar-refractivity contribution is -0.130. The molecule has 0 bridgehead atoms. The number of piperazine rings is 1. The van der Waals surface area contributed by atoms with Crippen LogP contribution in [0.1, 0.15) is 24.8 Å². The number of rotatable bonds is 4. The minimum atomic E-state index is -0.691. The van der Waals surface area contributed by atoms with Gasteiger partial charge >= 0.3 is 0 Å². The summed E-state index contributed by atoms with van der Waals surface area (Å²) in [6, 6.07) is 6.79. The maximum atomic E-state index is 12.6. The van der Waals surface area contributed by atoms with Crippen LogP contribution in [0.2, 0.25) is 0 Å². The second-order valence-electron chi connectivity index (χ2n) is 7.88. The van der Waals surface area contributed by atoms with Crippen LogP contribution in [0.4, 0.5) is 0 Å². The number of aliphatic hydroxyl groups is 1. The molecule has 0 spiro atoms. The lowest BCUT2D eigenvalue weighted by Crippen LogP contribution is -2.51. The fourth-order valence-electron chi connectivity index (χ4n) is 3.91. The van der Waals surface area contributed by atoms with Crippen LogP contribution in [0, 0.1) is 0 Å². The zero-order valence-electron chi connectivity index (χ0n) is 15.7. The normalized spacial score (nSPS) is 25.8. The number of amides is 1. The van der Waals surface area contributed by atoms with Crippen molar-refractivity contribution >= 4 is 5.91 Å². The molecule has 2 fully saturated rings. The van der Waals surface area contributed by atoms with Crippen LogP contribution < -0.4 is 0 Å². The topological polar surface area (TPSA) is 67.2 Å². The molecule has 6 nitrogen and oxygen atoms in total. The molecule has 0 aromatic heterocycles. The molecule has 1 atom stereocenters. The van der Waals surface area contributed by atoms with Crippen molar-refractivity contribution in [3.63, 3.8) is 0 Å². The molecule has 2 heterocycles. The Labute approximate surface area is 156 Å². The predicted octanol–water partition coefficient (Wildman–Crippen LogP) is 0.926. The first-order valence-electron chi connectivity index (χ1n) is 9.62. The molecule has 1 aromatic carbocycles. The molecule has 2 aliphatic rings. The van der Waals surface area contributed by atoms with Crippen molar-refractivity contribution < 1.29 is 15.0 Å². The molecule has 2 saturated heterocycles. The minimum Gasteiger partial charge on any atom is -0.508 e. The Morgan fingerprint density at radius 2 is 1.73 bits per heavy atom. The van der Waals surface area contributed by atoms with Crippen molar-refractivity contribution in [2.75, 3.05) is 52.9 Å². The fraction of sp³-hybridized carbons (Fsp3) is 0.650. The van der Waals surface area contributed by atoms with E-state index in [1.807, 2.05) is 4.90 Å².